The van der Waals surface area contributed by atoms with E-state index in [1.165, 1.54) is 13.3 Å². The number of rotatable bonds is 5. The fraction of sp³-hybridized carbons (Fsp3) is 0.769. The molecule has 0 aliphatic heterocycles. The normalized spacial score (nSPS) is 19.2. The van der Waals surface area contributed by atoms with Crippen molar-refractivity contribution in [2.24, 2.45) is 5.16 Å². The summed E-state index contributed by atoms with van der Waals surface area (Å²) in [6.45, 7) is 5.13. The van der Waals surface area contributed by atoms with E-state index in [1.54, 1.807) is 6.92 Å². The van der Waals surface area contributed by atoms with Gasteiger partial charge in [-0.2, -0.15) is 0 Å². The van der Waals surface area contributed by atoms with Gasteiger partial charge in [-0.15, -0.1) is 0 Å². The molecule has 1 fully saturated rings. The van der Waals surface area contributed by atoms with E-state index in [-0.39, 0.29) is 17.9 Å². The average molecular weight is 255 g/mol. The summed E-state index contributed by atoms with van der Waals surface area (Å²) in [6.07, 6.45) is 5.15. The summed E-state index contributed by atoms with van der Waals surface area (Å²) >= 11 is 0. The molecule has 0 saturated heterocycles. The summed E-state index contributed by atoms with van der Waals surface area (Å²) in [5.74, 6) is -1.16. The molecule has 0 aromatic rings. The molecule has 0 radical (unpaired) electrons. The molecule has 0 aromatic carbocycles. The quantitative estimate of drug-likeness (QED) is 0.327. The van der Waals surface area contributed by atoms with Crippen molar-refractivity contribution in [2.75, 3.05) is 6.61 Å². The van der Waals surface area contributed by atoms with Crippen LogP contribution in [0, 0.1) is 0 Å². The number of carbonyl (C=O) groups is 2. The minimum atomic E-state index is -0.718. The molecule has 0 atom stereocenters. The van der Waals surface area contributed by atoms with E-state index in [0.29, 0.717) is 0 Å². The average Bonchev–Trinajstić information content (AvgIpc) is 2.29. The predicted octanol–water partition coefficient (Wildman–Crippen LogP) is 2.23. The standard InChI is InChI=1S/C13H21NO4/c1-4-17-12(16)11(10(2)15)14-18-13(3)8-6-5-7-9-13/h4-9H2,1-3H3/b14-11+. The van der Waals surface area contributed by atoms with E-state index in [2.05, 4.69) is 5.16 Å². The topological polar surface area (TPSA) is 65.0 Å². The van der Waals surface area contributed by atoms with Crippen LogP contribution in [-0.4, -0.2) is 29.7 Å². The highest BCUT2D eigenvalue weighted by Gasteiger charge is 2.30. The lowest BCUT2D eigenvalue weighted by atomic mass is 9.87. The molecule has 102 valence electrons. The van der Waals surface area contributed by atoms with Crippen LogP contribution in [0.4, 0.5) is 0 Å². The van der Waals surface area contributed by atoms with Crippen LogP contribution < -0.4 is 0 Å². The van der Waals surface area contributed by atoms with E-state index in [1.807, 2.05) is 6.92 Å². The number of oxime groups is 1. The first-order valence-corrected chi connectivity index (χ1v) is 6.43. The first kappa shape index (κ1) is 14.7. The van der Waals surface area contributed by atoms with Gasteiger partial charge in [-0.3, -0.25) is 4.79 Å². The minimum absolute atomic E-state index is 0.211. The summed E-state index contributed by atoms with van der Waals surface area (Å²) < 4.78 is 4.77. The van der Waals surface area contributed by atoms with Crippen molar-refractivity contribution >= 4 is 17.5 Å². The molecular formula is C13H21NO4. The Balaban J connectivity index is 2.70. The highest BCUT2D eigenvalue weighted by molar-refractivity contribution is 6.63. The molecule has 0 unspecified atom stereocenters. The lowest BCUT2D eigenvalue weighted by Crippen LogP contribution is -2.32. The lowest BCUT2D eigenvalue weighted by Gasteiger charge is -2.30. The summed E-state index contributed by atoms with van der Waals surface area (Å²) in [7, 11) is 0. The van der Waals surface area contributed by atoms with Crippen molar-refractivity contribution < 1.29 is 19.2 Å². The first-order valence-electron chi connectivity index (χ1n) is 6.43. The Bertz CT molecular complexity index is 343. The molecule has 0 heterocycles. The van der Waals surface area contributed by atoms with Crippen LogP contribution in [-0.2, 0) is 19.2 Å². The number of hydrogen-bond acceptors (Lipinski definition) is 5. The molecule has 1 aliphatic rings. The SMILES string of the molecule is CCOC(=O)/C(=N/OC1(C)CCCCC1)C(C)=O. The van der Waals surface area contributed by atoms with Crippen LogP contribution in [0.15, 0.2) is 5.16 Å². The zero-order valence-electron chi connectivity index (χ0n) is 11.3. The monoisotopic (exact) mass is 255 g/mol. The molecule has 0 amide bonds. The van der Waals surface area contributed by atoms with Gasteiger partial charge in [0.25, 0.3) is 0 Å². The molecule has 0 N–H and O–H groups in total. The van der Waals surface area contributed by atoms with Crippen molar-refractivity contribution in [1.82, 2.24) is 0 Å². The molecule has 1 saturated carbocycles. The van der Waals surface area contributed by atoms with Gasteiger partial charge >= 0.3 is 5.97 Å². The second kappa shape index (κ2) is 6.52. The molecule has 0 aromatic heterocycles. The van der Waals surface area contributed by atoms with Crippen molar-refractivity contribution in [2.45, 2.75) is 58.5 Å². The van der Waals surface area contributed by atoms with Gasteiger partial charge in [-0.25, -0.2) is 4.79 Å². The molecule has 5 heteroatoms. The maximum atomic E-state index is 11.5. The van der Waals surface area contributed by atoms with Gasteiger partial charge in [-0.05, 0) is 39.5 Å². The zero-order valence-corrected chi connectivity index (χ0v) is 11.3. The molecule has 0 spiro atoms. The fourth-order valence-corrected chi connectivity index (χ4v) is 1.99. The molecule has 5 nitrogen and oxygen atoms in total. The van der Waals surface area contributed by atoms with Gasteiger partial charge in [0.05, 0.1) is 6.61 Å². The van der Waals surface area contributed by atoms with Crippen molar-refractivity contribution in [3.05, 3.63) is 0 Å². The first-order chi connectivity index (χ1) is 8.48. The van der Waals surface area contributed by atoms with Crippen molar-refractivity contribution in [1.29, 1.82) is 0 Å². The van der Waals surface area contributed by atoms with Gasteiger partial charge in [0.15, 0.2) is 5.78 Å². The van der Waals surface area contributed by atoms with Crippen LogP contribution in [0.25, 0.3) is 0 Å². The number of hydrogen-bond donors (Lipinski definition) is 0. The number of ketones is 1. The van der Waals surface area contributed by atoms with E-state index in [4.69, 9.17) is 9.57 Å². The molecule has 1 aliphatic carbocycles. The van der Waals surface area contributed by atoms with E-state index in [0.717, 1.165) is 25.7 Å². The molecular weight excluding hydrogens is 234 g/mol. The summed E-state index contributed by atoms with van der Waals surface area (Å²) in [6, 6.07) is 0. The highest BCUT2D eigenvalue weighted by Crippen LogP contribution is 2.31. The van der Waals surface area contributed by atoms with E-state index >= 15 is 0 Å². The number of Topliss-reactive ketones (excluding diaryl/α,β-unsaturated/α-hetero) is 1. The number of esters is 1. The maximum absolute atomic E-state index is 11.5. The fourth-order valence-electron chi connectivity index (χ4n) is 1.99. The number of ether oxygens (including phenoxy) is 1. The summed E-state index contributed by atoms with van der Waals surface area (Å²) in [5, 5.41) is 3.73. The van der Waals surface area contributed by atoms with Crippen LogP contribution >= 0.6 is 0 Å². The predicted molar refractivity (Wildman–Crippen MR) is 67.3 cm³/mol. The Kier molecular flexibility index (Phi) is 5.31. The van der Waals surface area contributed by atoms with Crippen molar-refractivity contribution in [3.63, 3.8) is 0 Å². The summed E-state index contributed by atoms with van der Waals surface area (Å²) in [5.41, 5.74) is -0.630. The van der Waals surface area contributed by atoms with Crippen LogP contribution in [0.2, 0.25) is 0 Å². The Morgan fingerprint density at radius 1 is 1.22 bits per heavy atom. The number of nitrogens with zero attached hydrogens (tertiary/aromatic N) is 1. The minimum Gasteiger partial charge on any atom is -0.461 e. The Hall–Kier alpha value is -1.39. The third-order valence-electron chi connectivity index (χ3n) is 3.07. The Morgan fingerprint density at radius 2 is 1.83 bits per heavy atom. The van der Waals surface area contributed by atoms with Crippen LogP contribution in [0.5, 0.6) is 0 Å². The smallest absolute Gasteiger partial charge is 0.364 e. The maximum Gasteiger partial charge on any atom is 0.364 e. The zero-order chi connectivity index (χ0) is 13.6. The van der Waals surface area contributed by atoms with Gasteiger partial charge < -0.3 is 9.57 Å². The second-order valence-corrected chi connectivity index (χ2v) is 4.82. The third-order valence-corrected chi connectivity index (χ3v) is 3.07. The van der Waals surface area contributed by atoms with Gasteiger partial charge in [0, 0.05) is 6.92 Å². The third kappa shape index (κ3) is 4.13. The van der Waals surface area contributed by atoms with Gasteiger partial charge in [-0.1, -0.05) is 11.6 Å². The van der Waals surface area contributed by atoms with Crippen molar-refractivity contribution in [3.8, 4) is 0 Å². The molecule has 18 heavy (non-hydrogen) atoms. The Morgan fingerprint density at radius 3 is 2.33 bits per heavy atom. The van der Waals surface area contributed by atoms with E-state index < -0.39 is 11.8 Å². The van der Waals surface area contributed by atoms with Gasteiger partial charge in [0.2, 0.25) is 5.71 Å². The molecule has 0 bridgehead atoms. The molecule has 1 rings (SSSR count). The van der Waals surface area contributed by atoms with E-state index in [9.17, 15) is 9.59 Å². The Labute approximate surface area is 108 Å². The number of carbonyl (C=O) groups excluding carboxylic acids is 2. The second-order valence-electron chi connectivity index (χ2n) is 4.82. The van der Waals surface area contributed by atoms with Crippen LogP contribution in [0.1, 0.15) is 52.9 Å². The van der Waals surface area contributed by atoms with Crippen LogP contribution in [0.3, 0.4) is 0 Å². The highest BCUT2D eigenvalue weighted by atomic mass is 16.7. The largest absolute Gasteiger partial charge is 0.461 e. The van der Waals surface area contributed by atoms with Gasteiger partial charge in [0.1, 0.15) is 5.60 Å². The lowest BCUT2D eigenvalue weighted by molar-refractivity contribution is -0.136. The summed E-state index contributed by atoms with van der Waals surface area (Å²) in [4.78, 5) is 28.3.